The Labute approximate surface area is 129 Å². The number of carbonyl (C=O) groups excluding carboxylic acids is 1. The molecule has 0 spiro atoms. The van der Waals surface area contributed by atoms with Crippen molar-refractivity contribution in [3.05, 3.63) is 47.8 Å². The lowest BCUT2D eigenvalue weighted by Gasteiger charge is -2.09. The molecule has 0 fully saturated rings. The second-order valence-electron chi connectivity index (χ2n) is 5.11. The Kier molecular flexibility index (Phi) is 5.68. The Balaban J connectivity index is 1.94. The van der Waals surface area contributed by atoms with Gasteiger partial charge in [-0.25, -0.2) is 4.68 Å². The first-order valence-electron chi connectivity index (χ1n) is 7.17. The lowest BCUT2D eigenvalue weighted by Crippen LogP contribution is -2.28. The maximum absolute atomic E-state index is 12.0. The van der Waals surface area contributed by atoms with Crippen molar-refractivity contribution < 1.29 is 14.6 Å². The third-order valence-electron chi connectivity index (χ3n) is 3.33. The summed E-state index contributed by atoms with van der Waals surface area (Å²) in [5.74, 6) is -0.204. The number of nitrogens with zero attached hydrogens (tertiary/aromatic N) is 2. The first-order valence-corrected chi connectivity index (χ1v) is 7.17. The fourth-order valence-corrected chi connectivity index (χ4v) is 2.12. The summed E-state index contributed by atoms with van der Waals surface area (Å²) in [5, 5.41) is 16.5. The summed E-state index contributed by atoms with van der Waals surface area (Å²) in [7, 11) is 1.53. The predicted octanol–water partition coefficient (Wildman–Crippen LogP) is 1.31. The Morgan fingerprint density at radius 2 is 2.23 bits per heavy atom. The van der Waals surface area contributed by atoms with E-state index in [0.29, 0.717) is 18.5 Å². The first-order chi connectivity index (χ1) is 10.6. The predicted molar refractivity (Wildman–Crippen MR) is 83.1 cm³/mol. The number of benzene rings is 1. The van der Waals surface area contributed by atoms with Gasteiger partial charge in [-0.1, -0.05) is 18.2 Å². The molecule has 6 nitrogen and oxygen atoms in total. The highest BCUT2D eigenvalue weighted by Crippen LogP contribution is 2.13. The molecule has 1 amide bonds. The van der Waals surface area contributed by atoms with Gasteiger partial charge in [0.15, 0.2) is 0 Å². The largest absolute Gasteiger partial charge is 0.391 e. The van der Waals surface area contributed by atoms with Crippen molar-refractivity contribution in [3.63, 3.8) is 0 Å². The van der Waals surface area contributed by atoms with Crippen LogP contribution in [0.15, 0.2) is 36.7 Å². The molecule has 1 aromatic heterocycles. The van der Waals surface area contributed by atoms with Crippen molar-refractivity contribution in [1.29, 1.82) is 0 Å². The quantitative estimate of drug-likeness (QED) is 0.808. The second-order valence-corrected chi connectivity index (χ2v) is 5.11. The molecule has 6 heteroatoms. The second kappa shape index (κ2) is 7.72. The van der Waals surface area contributed by atoms with E-state index >= 15 is 0 Å². The zero-order valence-corrected chi connectivity index (χ0v) is 12.8. The number of amides is 1. The van der Waals surface area contributed by atoms with Crippen LogP contribution in [0.2, 0.25) is 0 Å². The number of hydrogen-bond donors (Lipinski definition) is 2. The van der Waals surface area contributed by atoms with Gasteiger partial charge < -0.3 is 15.2 Å². The average molecular weight is 303 g/mol. The van der Waals surface area contributed by atoms with Crippen molar-refractivity contribution in [2.45, 2.75) is 19.4 Å². The molecule has 2 rings (SSSR count). The number of nitrogens with one attached hydrogen (secondary N) is 1. The van der Waals surface area contributed by atoms with Gasteiger partial charge in [-0.3, -0.25) is 4.79 Å². The van der Waals surface area contributed by atoms with E-state index in [0.717, 1.165) is 11.3 Å². The van der Waals surface area contributed by atoms with Crippen LogP contribution in [0.25, 0.3) is 5.69 Å². The average Bonchev–Trinajstić information content (AvgIpc) is 2.97. The molecule has 0 bridgehead atoms. The van der Waals surface area contributed by atoms with E-state index in [1.807, 2.05) is 31.2 Å². The third kappa shape index (κ3) is 4.16. The minimum Gasteiger partial charge on any atom is -0.391 e. The van der Waals surface area contributed by atoms with E-state index in [4.69, 9.17) is 4.74 Å². The smallest absolute Gasteiger partial charge is 0.254 e. The van der Waals surface area contributed by atoms with Crippen molar-refractivity contribution in [2.24, 2.45) is 0 Å². The zero-order chi connectivity index (χ0) is 15.9. The molecule has 0 aliphatic heterocycles. The third-order valence-corrected chi connectivity index (χ3v) is 3.33. The molecule has 0 radical (unpaired) electrons. The molecule has 118 valence electrons. The van der Waals surface area contributed by atoms with E-state index in [1.54, 1.807) is 10.9 Å². The van der Waals surface area contributed by atoms with Gasteiger partial charge in [0, 0.05) is 19.9 Å². The number of carbonyl (C=O) groups is 1. The van der Waals surface area contributed by atoms with Gasteiger partial charge in [-0.05, 0) is 25.0 Å². The van der Waals surface area contributed by atoms with Crippen LogP contribution >= 0.6 is 0 Å². The van der Waals surface area contributed by atoms with Gasteiger partial charge in [0.05, 0.1) is 30.2 Å². The summed E-state index contributed by atoms with van der Waals surface area (Å²) in [5.41, 5.74) is 2.52. The van der Waals surface area contributed by atoms with Crippen molar-refractivity contribution >= 4 is 5.91 Å². The van der Waals surface area contributed by atoms with Crippen LogP contribution in [0.3, 0.4) is 0 Å². The first kappa shape index (κ1) is 16.2. The molecule has 2 N–H and O–H groups in total. The normalized spacial score (nSPS) is 12.1. The van der Waals surface area contributed by atoms with Gasteiger partial charge in [0.2, 0.25) is 0 Å². The van der Waals surface area contributed by atoms with E-state index in [-0.39, 0.29) is 12.5 Å². The number of aliphatic hydroxyl groups excluding tert-OH is 1. The Bertz CT molecular complexity index is 625. The number of rotatable bonds is 7. The minimum absolute atomic E-state index is 0.204. The molecule has 1 aromatic carbocycles. The van der Waals surface area contributed by atoms with Gasteiger partial charge in [-0.15, -0.1) is 0 Å². The van der Waals surface area contributed by atoms with Crippen molar-refractivity contribution in [1.82, 2.24) is 15.1 Å². The highest BCUT2D eigenvalue weighted by molar-refractivity contribution is 5.93. The monoisotopic (exact) mass is 303 g/mol. The summed E-state index contributed by atoms with van der Waals surface area (Å²) in [6.07, 6.45) is 3.11. The SMILES string of the molecule is COCC(O)CCNC(=O)c1cnn(-c2ccccc2C)c1. The number of ether oxygens (including phenoxy) is 1. The van der Waals surface area contributed by atoms with E-state index < -0.39 is 6.10 Å². The van der Waals surface area contributed by atoms with Crippen LogP contribution in [-0.2, 0) is 4.74 Å². The van der Waals surface area contributed by atoms with Crippen LogP contribution in [0, 0.1) is 6.92 Å². The van der Waals surface area contributed by atoms with Gasteiger partial charge in [0.25, 0.3) is 5.91 Å². The summed E-state index contributed by atoms with van der Waals surface area (Å²) >= 11 is 0. The molecule has 22 heavy (non-hydrogen) atoms. The number of hydrogen-bond acceptors (Lipinski definition) is 4. The van der Waals surface area contributed by atoms with E-state index in [2.05, 4.69) is 10.4 Å². The summed E-state index contributed by atoms with van der Waals surface area (Å²) in [6.45, 7) is 2.65. The van der Waals surface area contributed by atoms with Crippen LogP contribution in [0.4, 0.5) is 0 Å². The fourth-order valence-electron chi connectivity index (χ4n) is 2.12. The lowest BCUT2D eigenvalue weighted by molar-refractivity contribution is 0.0587. The standard InChI is InChI=1S/C16H21N3O3/c1-12-5-3-4-6-15(12)19-10-13(9-18-19)16(21)17-8-7-14(20)11-22-2/h3-6,9-10,14,20H,7-8,11H2,1-2H3,(H,17,21). The summed E-state index contributed by atoms with van der Waals surface area (Å²) in [4.78, 5) is 12.0. The van der Waals surface area contributed by atoms with E-state index in [9.17, 15) is 9.90 Å². The maximum atomic E-state index is 12.0. The van der Waals surface area contributed by atoms with Crippen molar-refractivity contribution in [3.8, 4) is 5.69 Å². The van der Waals surface area contributed by atoms with Gasteiger partial charge in [-0.2, -0.15) is 5.10 Å². The molecule has 0 aliphatic rings. The molecule has 1 atom stereocenters. The van der Waals surface area contributed by atoms with Gasteiger partial charge >= 0.3 is 0 Å². The molecule has 0 saturated carbocycles. The Morgan fingerprint density at radius 1 is 1.45 bits per heavy atom. The summed E-state index contributed by atoms with van der Waals surface area (Å²) < 4.78 is 6.52. The number of aromatic nitrogens is 2. The van der Waals surface area contributed by atoms with Gasteiger partial charge in [0.1, 0.15) is 0 Å². The van der Waals surface area contributed by atoms with Crippen LogP contribution in [-0.4, -0.2) is 47.2 Å². The van der Waals surface area contributed by atoms with Crippen molar-refractivity contribution in [2.75, 3.05) is 20.3 Å². The fraction of sp³-hybridized carbons (Fsp3) is 0.375. The number of methoxy groups -OCH3 is 1. The topological polar surface area (TPSA) is 76.4 Å². The highest BCUT2D eigenvalue weighted by atomic mass is 16.5. The number of aliphatic hydroxyl groups is 1. The molecule has 1 unspecified atom stereocenters. The summed E-state index contributed by atoms with van der Waals surface area (Å²) in [6, 6.07) is 7.83. The van der Waals surface area contributed by atoms with Crippen LogP contribution in [0.1, 0.15) is 22.3 Å². The van der Waals surface area contributed by atoms with Crippen LogP contribution < -0.4 is 5.32 Å². The molecular weight excluding hydrogens is 282 g/mol. The Hall–Kier alpha value is -2.18. The Morgan fingerprint density at radius 3 is 2.95 bits per heavy atom. The number of para-hydroxylation sites is 1. The minimum atomic E-state index is -0.569. The molecule has 2 aromatic rings. The molecular formula is C16H21N3O3. The van der Waals surface area contributed by atoms with E-state index in [1.165, 1.54) is 13.3 Å². The molecule has 1 heterocycles. The number of aryl methyl sites for hydroxylation is 1. The van der Waals surface area contributed by atoms with Crippen LogP contribution in [0.5, 0.6) is 0 Å². The lowest BCUT2D eigenvalue weighted by atomic mass is 10.2. The zero-order valence-electron chi connectivity index (χ0n) is 12.8. The molecule has 0 aliphatic carbocycles. The molecule has 0 saturated heterocycles. The maximum Gasteiger partial charge on any atom is 0.254 e. The highest BCUT2D eigenvalue weighted by Gasteiger charge is 2.11.